The number of carbonyl (C=O) groups excluding carboxylic acids is 1. The second kappa shape index (κ2) is 5.01. The minimum atomic E-state index is -0.989. The molecule has 0 aliphatic heterocycles. The summed E-state index contributed by atoms with van der Waals surface area (Å²) in [5.74, 6) is -2.25. The Labute approximate surface area is 100 Å². The van der Waals surface area contributed by atoms with Crippen molar-refractivity contribution in [1.29, 1.82) is 0 Å². The number of amides is 1. The highest BCUT2D eigenvalue weighted by molar-refractivity contribution is 7.07. The average molecular weight is 254 g/mol. The molecule has 0 aliphatic carbocycles. The van der Waals surface area contributed by atoms with E-state index < -0.39 is 11.6 Å². The van der Waals surface area contributed by atoms with Crippen LogP contribution >= 0.6 is 11.3 Å². The largest absolute Gasteiger partial charge is 0.326 e. The first-order valence-corrected chi connectivity index (χ1v) is 5.71. The number of nitrogens with zero attached hydrogens (tertiary/aromatic N) is 1. The molecule has 0 saturated carbocycles. The molecule has 17 heavy (non-hydrogen) atoms. The molecule has 0 radical (unpaired) electrons. The van der Waals surface area contributed by atoms with E-state index in [9.17, 15) is 13.6 Å². The standard InChI is InChI=1S/C11H8F2N2OS/c12-9-2-1-7(3-10(9)13)15-11(16)4-8-5-17-6-14-8/h1-3,5-6H,4H2,(H,15,16). The van der Waals surface area contributed by atoms with Gasteiger partial charge in [0.2, 0.25) is 5.91 Å². The van der Waals surface area contributed by atoms with Crippen LogP contribution in [0.25, 0.3) is 0 Å². The highest BCUT2D eigenvalue weighted by Gasteiger charge is 2.07. The quantitative estimate of drug-likeness (QED) is 0.914. The zero-order valence-electron chi connectivity index (χ0n) is 8.61. The number of aromatic nitrogens is 1. The van der Waals surface area contributed by atoms with Gasteiger partial charge < -0.3 is 5.32 Å². The number of anilines is 1. The Hall–Kier alpha value is -1.82. The summed E-state index contributed by atoms with van der Waals surface area (Å²) in [4.78, 5) is 15.5. The Kier molecular flexibility index (Phi) is 3.43. The topological polar surface area (TPSA) is 42.0 Å². The number of thiazole rings is 1. The fourth-order valence-corrected chi connectivity index (χ4v) is 1.83. The summed E-state index contributed by atoms with van der Waals surface area (Å²) in [5.41, 5.74) is 2.50. The van der Waals surface area contributed by atoms with Gasteiger partial charge in [-0.2, -0.15) is 0 Å². The molecule has 0 spiro atoms. The maximum absolute atomic E-state index is 12.9. The summed E-state index contributed by atoms with van der Waals surface area (Å²) in [5, 5.41) is 4.22. The van der Waals surface area contributed by atoms with Crippen molar-refractivity contribution in [2.75, 3.05) is 5.32 Å². The Balaban J connectivity index is 2.00. The van der Waals surface area contributed by atoms with E-state index in [1.807, 2.05) is 0 Å². The molecule has 0 bridgehead atoms. The lowest BCUT2D eigenvalue weighted by Gasteiger charge is -2.04. The fourth-order valence-electron chi connectivity index (χ4n) is 1.27. The molecule has 2 rings (SSSR count). The van der Waals surface area contributed by atoms with Crippen molar-refractivity contribution in [3.63, 3.8) is 0 Å². The average Bonchev–Trinajstić information content (AvgIpc) is 2.76. The van der Waals surface area contributed by atoms with Crippen LogP contribution in [0.5, 0.6) is 0 Å². The highest BCUT2D eigenvalue weighted by Crippen LogP contribution is 2.13. The summed E-state index contributed by atoms with van der Waals surface area (Å²) < 4.78 is 25.5. The summed E-state index contributed by atoms with van der Waals surface area (Å²) in [7, 11) is 0. The van der Waals surface area contributed by atoms with E-state index in [-0.39, 0.29) is 18.0 Å². The van der Waals surface area contributed by atoms with Crippen molar-refractivity contribution >= 4 is 22.9 Å². The molecule has 1 aromatic carbocycles. The lowest BCUT2D eigenvalue weighted by molar-refractivity contribution is -0.115. The molecular formula is C11H8F2N2OS. The minimum Gasteiger partial charge on any atom is -0.326 e. The first kappa shape index (κ1) is 11.7. The predicted octanol–water partition coefficient (Wildman–Crippen LogP) is 2.60. The molecule has 3 nitrogen and oxygen atoms in total. The van der Waals surface area contributed by atoms with Crippen LogP contribution in [0.1, 0.15) is 5.69 Å². The Bertz CT molecular complexity index is 528. The third-order valence-corrected chi connectivity index (χ3v) is 2.66. The molecule has 0 unspecified atom stereocenters. The van der Waals surface area contributed by atoms with Crippen LogP contribution in [-0.4, -0.2) is 10.9 Å². The molecule has 1 N–H and O–H groups in total. The predicted molar refractivity (Wildman–Crippen MR) is 60.8 cm³/mol. The van der Waals surface area contributed by atoms with E-state index in [4.69, 9.17) is 0 Å². The first-order chi connectivity index (χ1) is 8.15. The Morgan fingerprint density at radius 2 is 2.18 bits per heavy atom. The van der Waals surface area contributed by atoms with Crippen LogP contribution in [0.2, 0.25) is 0 Å². The minimum absolute atomic E-state index is 0.114. The van der Waals surface area contributed by atoms with E-state index in [2.05, 4.69) is 10.3 Å². The number of benzene rings is 1. The second-order valence-electron chi connectivity index (χ2n) is 3.33. The van der Waals surface area contributed by atoms with E-state index >= 15 is 0 Å². The highest BCUT2D eigenvalue weighted by atomic mass is 32.1. The van der Waals surface area contributed by atoms with E-state index in [1.54, 1.807) is 10.9 Å². The first-order valence-electron chi connectivity index (χ1n) is 4.77. The molecule has 0 fully saturated rings. The SMILES string of the molecule is O=C(Cc1cscn1)Nc1ccc(F)c(F)c1. The zero-order valence-corrected chi connectivity index (χ0v) is 9.43. The number of rotatable bonds is 3. The van der Waals surface area contributed by atoms with Gasteiger partial charge in [0, 0.05) is 17.1 Å². The molecule has 88 valence electrons. The number of carbonyl (C=O) groups is 1. The molecule has 1 amide bonds. The number of hydrogen-bond acceptors (Lipinski definition) is 3. The van der Waals surface area contributed by atoms with Crippen molar-refractivity contribution < 1.29 is 13.6 Å². The van der Waals surface area contributed by atoms with Crippen LogP contribution in [0, 0.1) is 11.6 Å². The van der Waals surface area contributed by atoms with Gasteiger partial charge in [-0.15, -0.1) is 11.3 Å². The molecule has 6 heteroatoms. The van der Waals surface area contributed by atoms with Gasteiger partial charge in [0.05, 0.1) is 17.6 Å². The van der Waals surface area contributed by atoms with Gasteiger partial charge in [-0.3, -0.25) is 4.79 Å². The smallest absolute Gasteiger partial charge is 0.230 e. The normalized spacial score (nSPS) is 10.2. The lowest BCUT2D eigenvalue weighted by Crippen LogP contribution is -2.14. The van der Waals surface area contributed by atoms with Gasteiger partial charge in [0.25, 0.3) is 0 Å². The van der Waals surface area contributed by atoms with Crippen LogP contribution in [0.4, 0.5) is 14.5 Å². The maximum Gasteiger partial charge on any atom is 0.230 e. The van der Waals surface area contributed by atoms with Gasteiger partial charge in [0.15, 0.2) is 11.6 Å². The van der Waals surface area contributed by atoms with Gasteiger partial charge in [-0.1, -0.05) is 0 Å². The molecule has 0 aliphatic rings. The second-order valence-corrected chi connectivity index (χ2v) is 4.05. The van der Waals surface area contributed by atoms with Crippen molar-refractivity contribution in [2.45, 2.75) is 6.42 Å². The molecule has 2 aromatic rings. The van der Waals surface area contributed by atoms with Crippen LogP contribution in [0.3, 0.4) is 0 Å². The van der Waals surface area contributed by atoms with Crippen molar-refractivity contribution in [3.8, 4) is 0 Å². The lowest BCUT2D eigenvalue weighted by atomic mass is 10.2. The third kappa shape index (κ3) is 3.07. The Morgan fingerprint density at radius 1 is 1.35 bits per heavy atom. The Morgan fingerprint density at radius 3 is 2.82 bits per heavy atom. The van der Waals surface area contributed by atoms with Gasteiger partial charge in [-0.05, 0) is 12.1 Å². The van der Waals surface area contributed by atoms with E-state index in [0.717, 1.165) is 12.1 Å². The maximum atomic E-state index is 12.9. The summed E-state index contributed by atoms with van der Waals surface area (Å²) in [6.07, 6.45) is 0.114. The molecule has 1 aromatic heterocycles. The van der Waals surface area contributed by atoms with Crippen molar-refractivity contribution in [3.05, 3.63) is 46.4 Å². The fraction of sp³-hybridized carbons (Fsp3) is 0.0909. The number of nitrogens with one attached hydrogen (secondary N) is 1. The van der Waals surface area contributed by atoms with E-state index in [0.29, 0.717) is 5.69 Å². The van der Waals surface area contributed by atoms with Crippen LogP contribution in [0.15, 0.2) is 29.1 Å². The van der Waals surface area contributed by atoms with Gasteiger partial charge in [0.1, 0.15) is 0 Å². The summed E-state index contributed by atoms with van der Waals surface area (Å²) in [6, 6.07) is 3.21. The molecule has 0 saturated heterocycles. The summed E-state index contributed by atoms with van der Waals surface area (Å²) in [6.45, 7) is 0. The van der Waals surface area contributed by atoms with Gasteiger partial charge in [-0.25, -0.2) is 13.8 Å². The number of hydrogen-bond donors (Lipinski definition) is 1. The summed E-state index contributed by atoms with van der Waals surface area (Å²) >= 11 is 1.39. The molecule has 1 heterocycles. The number of halogens is 2. The van der Waals surface area contributed by atoms with Crippen LogP contribution < -0.4 is 5.32 Å². The molecule has 0 atom stereocenters. The molecular weight excluding hydrogens is 246 g/mol. The third-order valence-electron chi connectivity index (χ3n) is 2.03. The monoisotopic (exact) mass is 254 g/mol. The van der Waals surface area contributed by atoms with Gasteiger partial charge >= 0.3 is 0 Å². The van der Waals surface area contributed by atoms with Crippen LogP contribution in [-0.2, 0) is 11.2 Å². The van der Waals surface area contributed by atoms with Crippen molar-refractivity contribution in [2.24, 2.45) is 0 Å². The van der Waals surface area contributed by atoms with E-state index in [1.165, 1.54) is 17.4 Å². The van der Waals surface area contributed by atoms with Crippen molar-refractivity contribution in [1.82, 2.24) is 4.98 Å². The zero-order chi connectivity index (χ0) is 12.3.